The van der Waals surface area contributed by atoms with Crippen molar-refractivity contribution < 1.29 is 4.74 Å². The van der Waals surface area contributed by atoms with E-state index in [0.717, 1.165) is 12.0 Å². The molecule has 0 aromatic rings. The molecule has 17 heavy (non-hydrogen) atoms. The highest BCUT2D eigenvalue weighted by molar-refractivity contribution is 4.79. The molecule has 2 heteroatoms. The molecular formula is C15H29NO. The van der Waals surface area contributed by atoms with Crippen LogP contribution in [0, 0.1) is 5.92 Å². The normalized spacial score (nSPS) is 39.2. The topological polar surface area (TPSA) is 21.3 Å². The molecule has 0 aromatic carbocycles. The fourth-order valence-corrected chi connectivity index (χ4v) is 3.44. The highest BCUT2D eigenvalue weighted by Gasteiger charge is 2.26. The van der Waals surface area contributed by atoms with Gasteiger partial charge in [0.25, 0.3) is 0 Å². The summed E-state index contributed by atoms with van der Waals surface area (Å²) in [7, 11) is 2.08. The minimum absolute atomic E-state index is 0.558. The van der Waals surface area contributed by atoms with E-state index in [2.05, 4.69) is 19.3 Å². The van der Waals surface area contributed by atoms with Gasteiger partial charge in [-0.25, -0.2) is 0 Å². The second-order valence-corrected chi connectivity index (χ2v) is 5.95. The van der Waals surface area contributed by atoms with Gasteiger partial charge in [-0.15, -0.1) is 0 Å². The molecule has 100 valence electrons. The SMILES string of the molecule is CCC1CCC(OC2CCC(NC)CC2)CC1. The second-order valence-electron chi connectivity index (χ2n) is 5.95. The lowest BCUT2D eigenvalue weighted by Crippen LogP contribution is -2.35. The lowest BCUT2D eigenvalue weighted by molar-refractivity contribution is -0.0537. The van der Waals surface area contributed by atoms with Gasteiger partial charge >= 0.3 is 0 Å². The van der Waals surface area contributed by atoms with Crippen LogP contribution < -0.4 is 5.32 Å². The Morgan fingerprint density at radius 1 is 0.882 bits per heavy atom. The second kappa shape index (κ2) is 6.75. The Bertz CT molecular complexity index is 181. The van der Waals surface area contributed by atoms with Crippen LogP contribution in [0.15, 0.2) is 0 Å². The first-order valence-corrected chi connectivity index (χ1v) is 7.64. The first kappa shape index (κ1) is 13.4. The molecular weight excluding hydrogens is 210 g/mol. The summed E-state index contributed by atoms with van der Waals surface area (Å²) in [5.74, 6) is 0.981. The molecule has 1 N–H and O–H groups in total. The molecule has 2 nitrogen and oxygen atoms in total. The molecule has 0 radical (unpaired) electrons. The Hall–Kier alpha value is -0.0800. The number of ether oxygens (including phenoxy) is 1. The van der Waals surface area contributed by atoms with E-state index in [-0.39, 0.29) is 0 Å². The summed E-state index contributed by atoms with van der Waals surface area (Å²) in [6.07, 6.45) is 13.0. The van der Waals surface area contributed by atoms with Crippen LogP contribution in [-0.2, 0) is 4.74 Å². The van der Waals surface area contributed by atoms with Gasteiger partial charge in [0.15, 0.2) is 0 Å². The van der Waals surface area contributed by atoms with Gasteiger partial charge < -0.3 is 10.1 Å². The van der Waals surface area contributed by atoms with Crippen LogP contribution in [0.25, 0.3) is 0 Å². The van der Waals surface area contributed by atoms with Crippen LogP contribution in [0.1, 0.15) is 64.7 Å². The summed E-state index contributed by atoms with van der Waals surface area (Å²) < 4.78 is 6.29. The van der Waals surface area contributed by atoms with Gasteiger partial charge in [0.1, 0.15) is 0 Å². The molecule has 0 saturated heterocycles. The van der Waals surface area contributed by atoms with Crippen LogP contribution >= 0.6 is 0 Å². The minimum Gasteiger partial charge on any atom is -0.375 e. The van der Waals surface area contributed by atoms with Crippen LogP contribution in [0.2, 0.25) is 0 Å². The first-order chi connectivity index (χ1) is 8.31. The van der Waals surface area contributed by atoms with Crippen molar-refractivity contribution in [1.29, 1.82) is 0 Å². The van der Waals surface area contributed by atoms with E-state index in [4.69, 9.17) is 4.74 Å². The van der Waals surface area contributed by atoms with Gasteiger partial charge in [0.05, 0.1) is 12.2 Å². The monoisotopic (exact) mass is 239 g/mol. The molecule has 0 aromatic heterocycles. The van der Waals surface area contributed by atoms with Crippen LogP contribution in [0.4, 0.5) is 0 Å². The Morgan fingerprint density at radius 3 is 1.88 bits per heavy atom. The summed E-state index contributed by atoms with van der Waals surface area (Å²) in [4.78, 5) is 0. The van der Waals surface area contributed by atoms with E-state index in [0.29, 0.717) is 12.2 Å². The van der Waals surface area contributed by atoms with Gasteiger partial charge in [0, 0.05) is 6.04 Å². The number of hydrogen-bond acceptors (Lipinski definition) is 2. The molecule has 0 spiro atoms. The maximum absolute atomic E-state index is 6.29. The van der Waals surface area contributed by atoms with E-state index in [1.807, 2.05) is 0 Å². The summed E-state index contributed by atoms with van der Waals surface area (Å²) in [5.41, 5.74) is 0. The molecule has 2 rings (SSSR count). The molecule has 0 atom stereocenters. The fourth-order valence-electron chi connectivity index (χ4n) is 3.44. The van der Waals surface area contributed by atoms with E-state index in [1.165, 1.54) is 57.8 Å². The van der Waals surface area contributed by atoms with Crippen molar-refractivity contribution in [3.8, 4) is 0 Å². The fraction of sp³-hybridized carbons (Fsp3) is 1.00. The van der Waals surface area contributed by atoms with E-state index in [1.54, 1.807) is 0 Å². The summed E-state index contributed by atoms with van der Waals surface area (Å²) in [5, 5.41) is 3.39. The zero-order valence-corrected chi connectivity index (χ0v) is 11.6. The number of hydrogen-bond donors (Lipinski definition) is 1. The molecule has 0 unspecified atom stereocenters. The average molecular weight is 239 g/mol. The third-order valence-electron chi connectivity index (χ3n) is 4.84. The first-order valence-electron chi connectivity index (χ1n) is 7.64. The maximum atomic E-state index is 6.29. The smallest absolute Gasteiger partial charge is 0.0580 e. The molecule has 0 aliphatic heterocycles. The Morgan fingerprint density at radius 2 is 1.41 bits per heavy atom. The summed E-state index contributed by atoms with van der Waals surface area (Å²) in [6, 6.07) is 0.741. The average Bonchev–Trinajstić information content (AvgIpc) is 2.40. The van der Waals surface area contributed by atoms with Gasteiger partial charge in [-0.3, -0.25) is 0 Å². The van der Waals surface area contributed by atoms with Gasteiger partial charge in [-0.2, -0.15) is 0 Å². The van der Waals surface area contributed by atoms with Gasteiger partial charge in [0.2, 0.25) is 0 Å². The zero-order valence-electron chi connectivity index (χ0n) is 11.6. The van der Waals surface area contributed by atoms with E-state index in [9.17, 15) is 0 Å². The van der Waals surface area contributed by atoms with Crippen molar-refractivity contribution in [2.75, 3.05) is 7.05 Å². The van der Waals surface area contributed by atoms with Crippen molar-refractivity contribution in [2.45, 2.75) is 83.0 Å². The molecule has 0 bridgehead atoms. The molecule has 2 saturated carbocycles. The largest absolute Gasteiger partial charge is 0.375 e. The minimum atomic E-state index is 0.558. The lowest BCUT2D eigenvalue weighted by Gasteiger charge is -2.34. The zero-order chi connectivity index (χ0) is 12.1. The number of nitrogens with one attached hydrogen (secondary N) is 1. The standard InChI is InChI=1S/C15H29NO/c1-3-12-4-8-14(9-5-12)17-15-10-6-13(16-2)7-11-15/h12-16H,3-11H2,1-2H3. The van der Waals surface area contributed by atoms with Crippen LogP contribution in [0.5, 0.6) is 0 Å². The van der Waals surface area contributed by atoms with E-state index < -0.39 is 0 Å². The van der Waals surface area contributed by atoms with Gasteiger partial charge in [-0.05, 0) is 64.3 Å². The third-order valence-corrected chi connectivity index (χ3v) is 4.84. The van der Waals surface area contributed by atoms with Crippen molar-refractivity contribution in [2.24, 2.45) is 5.92 Å². The van der Waals surface area contributed by atoms with Crippen molar-refractivity contribution >= 4 is 0 Å². The summed E-state index contributed by atoms with van der Waals surface area (Å²) in [6.45, 7) is 2.32. The summed E-state index contributed by atoms with van der Waals surface area (Å²) >= 11 is 0. The molecule has 0 heterocycles. The Balaban J connectivity index is 1.65. The van der Waals surface area contributed by atoms with Crippen LogP contribution in [0.3, 0.4) is 0 Å². The number of rotatable bonds is 4. The van der Waals surface area contributed by atoms with Crippen LogP contribution in [-0.4, -0.2) is 25.3 Å². The van der Waals surface area contributed by atoms with E-state index >= 15 is 0 Å². The maximum Gasteiger partial charge on any atom is 0.0580 e. The highest BCUT2D eigenvalue weighted by Crippen LogP contribution is 2.31. The third kappa shape index (κ3) is 3.96. The Labute approximate surface area is 107 Å². The quantitative estimate of drug-likeness (QED) is 0.810. The van der Waals surface area contributed by atoms with Crippen molar-refractivity contribution in [3.05, 3.63) is 0 Å². The molecule has 2 aliphatic carbocycles. The predicted octanol–water partition coefficient (Wildman–Crippen LogP) is 3.50. The molecule has 2 aliphatic rings. The van der Waals surface area contributed by atoms with Crippen molar-refractivity contribution in [1.82, 2.24) is 5.32 Å². The molecule has 0 amide bonds. The lowest BCUT2D eigenvalue weighted by atomic mass is 9.85. The highest BCUT2D eigenvalue weighted by atomic mass is 16.5. The molecule has 2 fully saturated rings. The van der Waals surface area contributed by atoms with Gasteiger partial charge in [-0.1, -0.05) is 13.3 Å². The van der Waals surface area contributed by atoms with Crippen molar-refractivity contribution in [3.63, 3.8) is 0 Å². The predicted molar refractivity (Wildman–Crippen MR) is 72.2 cm³/mol. The Kier molecular flexibility index (Phi) is 5.30.